The number of nitrogens with zero attached hydrogens (tertiary/aromatic N) is 1. The maximum Gasteiger partial charge on any atom is 0.289 e. The van der Waals surface area contributed by atoms with E-state index in [9.17, 15) is 9.59 Å². The average Bonchev–Trinajstić information content (AvgIpc) is 3.18. The highest BCUT2D eigenvalue weighted by atomic mass is 35.5. The molecule has 2 amide bonds. The number of furan rings is 1. The molecule has 0 unspecified atom stereocenters. The van der Waals surface area contributed by atoms with Crippen molar-refractivity contribution in [1.82, 2.24) is 10.2 Å². The summed E-state index contributed by atoms with van der Waals surface area (Å²) in [4.78, 5) is 25.8. The number of halogens is 1. The molecule has 0 fully saturated rings. The van der Waals surface area contributed by atoms with Crippen LogP contribution in [-0.2, 0) is 6.54 Å². The van der Waals surface area contributed by atoms with Crippen LogP contribution in [0.4, 0.5) is 0 Å². The van der Waals surface area contributed by atoms with Gasteiger partial charge in [0.15, 0.2) is 5.76 Å². The molecule has 0 atom stereocenters. The Labute approximate surface area is 162 Å². The molecule has 3 rings (SSSR count). The molecule has 5 nitrogen and oxygen atoms in total. The van der Waals surface area contributed by atoms with Gasteiger partial charge < -0.3 is 14.6 Å². The fourth-order valence-corrected chi connectivity index (χ4v) is 2.79. The van der Waals surface area contributed by atoms with Crippen LogP contribution < -0.4 is 5.32 Å². The Hall–Kier alpha value is -3.05. The summed E-state index contributed by atoms with van der Waals surface area (Å²) in [5.41, 5.74) is 2.35. The Morgan fingerprint density at radius 1 is 1.00 bits per heavy atom. The highest BCUT2D eigenvalue weighted by molar-refractivity contribution is 6.30. The highest BCUT2D eigenvalue weighted by Crippen LogP contribution is 2.24. The Kier molecular flexibility index (Phi) is 5.62. The first-order valence-electron chi connectivity index (χ1n) is 8.40. The fraction of sp³-hybridized carbons (Fsp3) is 0.143. The lowest BCUT2D eigenvalue weighted by atomic mass is 10.1. The zero-order chi connectivity index (χ0) is 19.4. The van der Waals surface area contributed by atoms with Crippen LogP contribution in [0.25, 0.3) is 11.3 Å². The molecule has 27 heavy (non-hydrogen) atoms. The zero-order valence-electron chi connectivity index (χ0n) is 15.0. The van der Waals surface area contributed by atoms with Crippen molar-refractivity contribution < 1.29 is 14.0 Å². The van der Waals surface area contributed by atoms with Gasteiger partial charge in [-0.15, -0.1) is 0 Å². The molecule has 0 saturated carbocycles. The van der Waals surface area contributed by atoms with Crippen molar-refractivity contribution in [3.8, 4) is 11.3 Å². The summed E-state index contributed by atoms with van der Waals surface area (Å²) >= 11 is 5.90. The van der Waals surface area contributed by atoms with Gasteiger partial charge in [0.25, 0.3) is 11.8 Å². The van der Waals surface area contributed by atoms with Gasteiger partial charge in [0.05, 0.1) is 0 Å². The Balaban J connectivity index is 1.68. The number of hydrogen-bond donors (Lipinski definition) is 1. The van der Waals surface area contributed by atoms with E-state index in [2.05, 4.69) is 5.32 Å². The molecule has 0 radical (unpaired) electrons. The lowest BCUT2D eigenvalue weighted by Gasteiger charge is -2.16. The van der Waals surface area contributed by atoms with E-state index in [1.165, 1.54) is 0 Å². The van der Waals surface area contributed by atoms with Crippen molar-refractivity contribution in [2.45, 2.75) is 6.54 Å². The summed E-state index contributed by atoms with van der Waals surface area (Å²) in [5.74, 6) is 0.518. The predicted molar refractivity (Wildman–Crippen MR) is 105 cm³/mol. The fourth-order valence-electron chi connectivity index (χ4n) is 2.66. The monoisotopic (exact) mass is 382 g/mol. The molecule has 1 aromatic heterocycles. The van der Waals surface area contributed by atoms with Crippen LogP contribution in [-0.4, -0.2) is 30.8 Å². The summed E-state index contributed by atoms with van der Waals surface area (Å²) in [6.45, 7) is 0.407. The van der Waals surface area contributed by atoms with Gasteiger partial charge in [-0.2, -0.15) is 0 Å². The van der Waals surface area contributed by atoms with Gasteiger partial charge in [0, 0.05) is 36.8 Å². The van der Waals surface area contributed by atoms with E-state index in [1.54, 1.807) is 55.4 Å². The van der Waals surface area contributed by atoms with Gasteiger partial charge in [-0.3, -0.25) is 9.59 Å². The van der Waals surface area contributed by atoms with Crippen molar-refractivity contribution >= 4 is 23.4 Å². The molecule has 6 heteroatoms. The number of carbonyl (C=O) groups is 2. The molecule has 2 aromatic carbocycles. The third-order valence-corrected chi connectivity index (χ3v) is 4.41. The first-order valence-corrected chi connectivity index (χ1v) is 8.78. The molecule has 1 heterocycles. The average molecular weight is 383 g/mol. The van der Waals surface area contributed by atoms with Crippen LogP contribution in [0.2, 0.25) is 5.02 Å². The maximum absolute atomic E-state index is 12.6. The van der Waals surface area contributed by atoms with E-state index in [4.69, 9.17) is 16.0 Å². The molecule has 0 spiro atoms. The Bertz CT molecular complexity index is 946. The third-order valence-electron chi connectivity index (χ3n) is 4.16. The molecule has 0 aliphatic carbocycles. The topological polar surface area (TPSA) is 62.6 Å². The van der Waals surface area contributed by atoms with E-state index < -0.39 is 0 Å². The quantitative estimate of drug-likeness (QED) is 0.718. The summed E-state index contributed by atoms with van der Waals surface area (Å²) in [5, 5.41) is 3.22. The second kappa shape index (κ2) is 8.10. The minimum Gasteiger partial charge on any atom is -0.451 e. The number of benzene rings is 2. The van der Waals surface area contributed by atoms with Crippen molar-refractivity contribution in [1.29, 1.82) is 0 Å². The third kappa shape index (κ3) is 4.38. The molecule has 0 aliphatic rings. The molecular formula is C21H19ClN2O3. The summed E-state index contributed by atoms with van der Waals surface area (Å²) in [7, 11) is 3.30. The Morgan fingerprint density at radius 2 is 1.67 bits per heavy atom. The van der Waals surface area contributed by atoms with E-state index in [-0.39, 0.29) is 17.6 Å². The largest absolute Gasteiger partial charge is 0.451 e. The first-order chi connectivity index (χ1) is 13.0. The van der Waals surface area contributed by atoms with Crippen molar-refractivity contribution in [2.24, 2.45) is 0 Å². The lowest BCUT2D eigenvalue weighted by Crippen LogP contribution is -2.25. The van der Waals surface area contributed by atoms with Gasteiger partial charge in [0.1, 0.15) is 5.76 Å². The van der Waals surface area contributed by atoms with Crippen molar-refractivity contribution in [3.63, 3.8) is 0 Å². The number of rotatable bonds is 5. The predicted octanol–water partition coefficient (Wildman–Crippen LogP) is 4.23. The van der Waals surface area contributed by atoms with Gasteiger partial charge in [0.2, 0.25) is 0 Å². The SMILES string of the molecule is CNC(=O)c1ccc(CN(C)C(=O)c2ccc(-c3ccc(Cl)cc3)o2)cc1. The van der Waals surface area contributed by atoms with E-state index in [0.717, 1.165) is 11.1 Å². The van der Waals surface area contributed by atoms with E-state index >= 15 is 0 Å². The van der Waals surface area contributed by atoms with Crippen LogP contribution in [0.5, 0.6) is 0 Å². The lowest BCUT2D eigenvalue weighted by molar-refractivity contribution is 0.0754. The molecule has 0 bridgehead atoms. The molecule has 3 aromatic rings. The zero-order valence-corrected chi connectivity index (χ0v) is 15.8. The second-order valence-electron chi connectivity index (χ2n) is 6.11. The smallest absolute Gasteiger partial charge is 0.289 e. The summed E-state index contributed by atoms with van der Waals surface area (Å²) in [6.07, 6.45) is 0. The van der Waals surface area contributed by atoms with Crippen molar-refractivity contribution in [2.75, 3.05) is 14.1 Å². The van der Waals surface area contributed by atoms with Gasteiger partial charge in [-0.1, -0.05) is 23.7 Å². The van der Waals surface area contributed by atoms with E-state index in [1.807, 2.05) is 24.3 Å². The normalized spacial score (nSPS) is 10.5. The maximum atomic E-state index is 12.6. The van der Waals surface area contributed by atoms with Crippen LogP contribution in [0.3, 0.4) is 0 Å². The summed E-state index contributed by atoms with van der Waals surface area (Å²) in [6, 6.07) is 17.8. The number of nitrogens with one attached hydrogen (secondary N) is 1. The molecule has 0 saturated heterocycles. The molecule has 1 N–H and O–H groups in total. The van der Waals surface area contributed by atoms with Crippen LogP contribution in [0.15, 0.2) is 65.1 Å². The highest BCUT2D eigenvalue weighted by Gasteiger charge is 2.17. The number of carbonyl (C=O) groups excluding carboxylic acids is 2. The second-order valence-corrected chi connectivity index (χ2v) is 6.54. The van der Waals surface area contributed by atoms with Gasteiger partial charge >= 0.3 is 0 Å². The Morgan fingerprint density at radius 3 is 2.30 bits per heavy atom. The molecule has 138 valence electrons. The van der Waals surface area contributed by atoms with Gasteiger partial charge in [-0.05, 0) is 54.1 Å². The van der Waals surface area contributed by atoms with E-state index in [0.29, 0.717) is 22.9 Å². The van der Waals surface area contributed by atoms with Crippen LogP contribution >= 0.6 is 11.6 Å². The molecule has 0 aliphatic heterocycles. The standard InChI is InChI=1S/C21H19ClN2O3/c1-23-20(25)16-5-3-14(4-6-16)13-24(2)21(26)19-12-11-18(27-19)15-7-9-17(22)10-8-15/h3-12H,13H2,1-2H3,(H,23,25). The summed E-state index contributed by atoms with van der Waals surface area (Å²) < 4.78 is 5.71. The number of amides is 2. The van der Waals surface area contributed by atoms with Crippen molar-refractivity contribution in [3.05, 3.63) is 82.6 Å². The van der Waals surface area contributed by atoms with Crippen LogP contribution in [0, 0.1) is 0 Å². The minimum atomic E-state index is -0.217. The first kappa shape index (κ1) is 18.7. The van der Waals surface area contributed by atoms with Crippen LogP contribution in [0.1, 0.15) is 26.5 Å². The number of hydrogen-bond acceptors (Lipinski definition) is 3. The molecular weight excluding hydrogens is 364 g/mol. The van der Waals surface area contributed by atoms with Gasteiger partial charge in [-0.25, -0.2) is 0 Å². The minimum absolute atomic E-state index is 0.142.